The normalized spacial score (nSPS) is 20.1. The predicted octanol–water partition coefficient (Wildman–Crippen LogP) is 2.43. The summed E-state index contributed by atoms with van der Waals surface area (Å²) in [6.45, 7) is 4.86. The second kappa shape index (κ2) is 9.53. The van der Waals surface area contributed by atoms with Crippen LogP contribution in [-0.2, 0) is 14.3 Å². The molecule has 1 aromatic rings. The van der Waals surface area contributed by atoms with Crippen LogP contribution in [-0.4, -0.2) is 45.2 Å². The average Bonchev–Trinajstić information content (AvgIpc) is 3.09. The van der Waals surface area contributed by atoms with Crippen LogP contribution < -0.4 is 15.5 Å². The first-order valence-corrected chi connectivity index (χ1v) is 9.47. The molecule has 0 radical (unpaired) electrons. The molecule has 2 saturated heterocycles. The number of amides is 2. The molecule has 2 aliphatic heterocycles. The highest BCUT2D eigenvalue weighted by Crippen LogP contribution is 2.31. The summed E-state index contributed by atoms with van der Waals surface area (Å²) in [5.74, 6) is 0.226. The van der Waals surface area contributed by atoms with E-state index in [4.69, 9.17) is 4.74 Å². The van der Waals surface area contributed by atoms with Crippen LogP contribution in [0.5, 0.6) is 0 Å². The van der Waals surface area contributed by atoms with Crippen LogP contribution in [0.3, 0.4) is 0 Å². The number of ether oxygens (including phenoxy) is 1. The van der Waals surface area contributed by atoms with Crippen molar-refractivity contribution in [2.24, 2.45) is 5.41 Å². The number of benzene rings is 1. The molecule has 2 aliphatic rings. The van der Waals surface area contributed by atoms with Gasteiger partial charge in [0.05, 0.1) is 18.1 Å². The molecule has 2 fully saturated rings. The van der Waals surface area contributed by atoms with Gasteiger partial charge in [-0.1, -0.05) is 12.1 Å². The third-order valence-corrected chi connectivity index (χ3v) is 5.57. The Morgan fingerprint density at radius 1 is 1.37 bits per heavy atom. The number of nitrogens with zero attached hydrogens (tertiary/aromatic N) is 1. The van der Waals surface area contributed by atoms with E-state index < -0.39 is 5.41 Å². The molecule has 0 aliphatic carbocycles. The second-order valence-corrected chi connectivity index (χ2v) is 7.40. The Bertz CT molecular complexity index is 656. The highest BCUT2D eigenvalue weighted by Gasteiger charge is 2.40. The Morgan fingerprint density at radius 3 is 2.74 bits per heavy atom. The van der Waals surface area contributed by atoms with E-state index in [1.165, 1.54) is 0 Å². The Balaban J connectivity index is 0.00000261. The molecule has 2 N–H and O–H groups in total. The monoisotopic (exact) mass is 395 g/mol. The fourth-order valence-corrected chi connectivity index (χ4v) is 3.93. The van der Waals surface area contributed by atoms with Gasteiger partial charge in [0.1, 0.15) is 0 Å². The van der Waals surface area contributed by atoms with Gasteiger partial charge < -0.3 is 20.3 Å². The van der Waals surface area contributed by atoms with Crippen molar-refractivity contribution in [2.75, 3.05) is 38.3 Å². The molecule has 3 rings (SSSR count). The SMILES string of the molecule is COCC1(C(=O)NC(C)c2cccc(N3CCCC3=O)c2)CCNCC1.Cl. The van der Waals surface area contributed by atoms with Crippen LogP contribution in [0.15, 0.2) is 24.3 Å². The molecular weight excluding hydrogens is 366 g/mol. The number of halogens is 1. The first-order valence-electron chi connectivity index (χ1n) is 9.47. The lowest BCUT2D eigenvalue weighted by Crippen LogP contribution is -2.50. The van der Waals surface area contributed by atoms with Gasteiger partial charge in [0.25, 0.3) is 0 Å². The van der Waals surface area contributed by atoms with Gasteiger partial charge in [-0.25, -0.2) is 0 Å². The topological polar surface area (TPSA) is 70.7 Å². The quantitative estimate of drug-likeness (QED) is 0.776. The minimum absolute atomic E-state index is 0. The third kappa shape index (κ3) is 4.81. The summed E-state index contributed by atoms with van der Waals surface area (Å²) in [6.07, 6.45) is 3.08. The molecule has 0 saturated carbocycles. The number of piperidine rings is 1. The summed E-state index contributed by atoms with van der Waals surface area (Å²) in [6, 6.07) is 7.80. The van der Waals surface area contributed by atoms with Gasteiger partial charge in [-0.15, -0.1) is 12.4 Å². The maximum atomic E-state index is 13.0. The number of methoxy groups -OCH3 is 1. The van der Waals surface area contributed by atoms with E-state index in [0.29, 0.717) is 13.0 Å². The molecule has 27 heavy (non-hydrogen) atoms. The van der Waals surface area contributed by atoms with Gasteiger partial charge in [-0.3, -0.25) is 9.59 Å². The van der Waals surface area contributed by atoms with Crippen molar-refractivity contribution in [3.63, 3.8) is 0 Å². The summed E-state index contributed by atoms with van der Waals surface area (Å²) < 4.78 is 5.36. The van der Waals surface area contributed by atoms with Crippen molar-refractivity contribution in [3.05, 3.63) is 29.8 Å². The molecule has 6 nitrogen and oxygen atoms in total. The molecule has 0 bridgehead atoms. The van der Waals surface area contributed by atoms with E-state index in [-0.39, 0.29) is 30.3 Å². The summed E-state index contributed by atoms with van der Waals surface area (Å²) in [7, 11) is 1.65. The maximum absolute atomic E-state index is 13.0. The van der Waals surface area contributed by atoms with Gasteiger partial charge in [-0.05, 0) is 57.0 Å². The Morgan fingerprint density at radius 2 is 2.11 bits per heavy atom. The molecule has 2 amide bonds. The van der Waals surface area contributed by atoms with Crippen LogP contribution in [0.2, 0.25) is 0 Å². The van der Waals surface area contributed by atoms with Crippen LogP contribution in [0.25, 0.3) is 0 Å². The van der Waals surface area contributed by atoms with Crippen LogP contribution in [0.4, 0.5) is 5.69 Å². The molecule has 1 aromatic carbocycles. The van der Waals surface area contributed by atoms with Crippen molar-refractivity contribution in [1.29, 1.82) is 0 Å². The Labute approximate surface area is 167 Å². The number of anilines is 1. The number of carbonyl (C=O) groups excluding carboxylic acids is 2. The molecule has 1 unspecified atom stereocenters. The van der Waals surface area contributed by atoms with E-state index in [1.54, 1.807) is 7.11 Å². The molecule has 0 aromatic heterocycles. The van der Waals surface area contributed by atoms with E-state index >= 15 is 0 Å². The van der Waals surface area contributed by atoms with Crippen molar-refractivity contribution in [2.45, 2.75) is 38.6 Å². The first-order chi connectivity index (χ1) is 12.6. The van der Waals surface area contributed by atoms with E-state index in [0.717, 1.165) is 50.1 Å². The van der Waals surface area contributed by atoms with Gasteiger partial charge in [0.15, 0.2) is 0 Å². The number of hydrogen-bond acceptors (Lipinski definition) is 4. The molecule has 150 valence electrons. The smallest absolute Gasteiger partial charge is 0.229 e. The number of rotatable bonds is 6. The largest absolute Gasteiger partial charge is 0.384 e. The summed E-state index contributed by atoms with van der Waals surface area (Å²) in [4.78, 5) is 26.8. The molecule has 7 heteroatoms. The molecule has 1 atom stereocenters. The highest BCUT2D eigenvalue weighted by atomic mass is 35.5. The van der Waals surface area contributed by atoms with Crippen LogP contribution in [0, 0.1) is 5.41 Å². The van der Waals surface area contributed by atoms with Crippen LogP contribution in [0.1, 0.15) is 44.2 Å². The van der Waals surface area contributed by atoms with Crippen molar-refractivity contribution in [3.8, 4) is 0 Å². The first kappa shape index (κ1) is 21.7. The predicted molar refractivity (Wildman–Crippen MR) is 108 cm³/mol. The summed E-state index contributed by atoms with van der Waals surface area (Å²) >= 11 is 0. The van der Waals surface area contributed by atoms with Gasteiger partial charge in [0, 0.05) is 25.8 Å². The van der Waals surface area contributed by atoms with Crippen molar-refractivity contribution in [1.82, 2.24) is 10.6 Å². The standard InChI is InChI=1S/C20H29N3O3.ClH/c1-15(22-19(25)20(14-26-2)8-10-21-11-9-20)16-5-3-6-17(13-16)23-12-4-7-18(23)24;/h3,5-6,13,15,21H,4,7-12,14H2,1-2H3,(H,22,25);1H. The fraction of sp³-hybridized carbons (Fsp3) is 0.600. The number of hydrogen-bond donors (Lipinski definition) is 2. The summed E-state index contributed by atoms with van der Waals surface area (Å²) in [5, 5.41) is 6.48. The zero-order chi connectivity index (χ0) is 18.6. The lowest BCUT2D eigenvalue weighted by molar-refractivity contribution is -0.136. The van der Waals surface area contributed by atoms with E-state index in [9.17, 15) is 9.59 Å². The lowest BCUT2D eigenvalue weighted by atomic mass is 9.78. The van der Waals surface area contributed by atoms with Gasteiger partial charge in [-0.2, -0.15) is 0 Å². The third-order valence-electron chi connectivity index (χ3n) is 5.57. The van der Waals surface area contributed by atoms with E-state index in [1.807, 2.05) is 36.1 Å². The Kier molecular flexibility index (Phi) is 7.65. The maximum Gasteiger partial charge on any atom is 0.229 e. The Hall–Kier alpha value is -1.63. The van der Waals surface area contributed by atoms with E-state index in [2.05, 4.69) is 10.6 Å². The number of nitrogens with one attached hydrogen (secondary N) is 2. The highest BCUT2D eigenvalue weighted by molar-refractivity contribution is 5.95. The zero-order valence-corrected chi connectivity index (χ0v) is 16.9. The minimum atomic E-state index is -0.462. The lowest BCUT2D eigenvalue weighted by Gasteiger charge is -2.36. The zero-order valence-electron chi connectivity index (χ0n) is 16.1. The molecule has 0 spiro atoms. The van der Waals surface area contributed by atoms with Crippen LogP contribution >= 0.6 is 12.4 Å². The van der Waals surface area contributed by atoms with Crippen molar-refractivity contribution >= 4 is 29.9 Å². The average molecular weight is 396 g/mol. The number of carbonyl (C=O) groups is 2. The van der Waals surface area contributed by atoms with Gasteiger partial charge in [0.2, 0.25) is 11.8 Å². The molecular formula is C20H30ClN3O3. The fourth-order valence-electron chi connectivity index (χ4n) is 3.93. The van der Waals surface area contributed by atoms with Gasteiger partial charge >= 0.3 is 0 Å². The van der Waals surface area contributed by atoms with Crippen molar-refractivity contribution < 1.29 is 14.3 Å². The minimum Gasteiger partial charge on any atom is -0.384 e. The second-order valence-electron chi connectivity index (χ2n) is 7.40. The molecule has 2 heterocycles. The summed E-state index contributed by atoms with van der Waals surface area (Å²) in [5.41, 5.74) is 1.47.